The molecule has 0 spiro atoms. The summed E-state index contributed by atoms with van der Waals surface area (Å²) in [6.07, 6.45) is 4.84. The second-order valence-electron chi connectivity index (χ2n) is 2.92. The fraction of sp³-hybridized carbons (Fsp3) is 0.333. The van der Waals surface area contributed by atoms with Gasteiger partial charge < -0.3 is 4.57 Å². The summed E-state index contributed by atoms with van der Waals surface area (Å²) in [5.41, 5.74) is 0. The number of aryl methyl sites for hydroxylation is 1. The molecule has 0 aliphatic heterocycles. The zero-order chi connectivity index (χ0) is 9.97. The van der Waals surface area contributed by atoms with Crippen molar-refractivity contribution in [1.29, 1.82) is 0 Å². The summed E-state index contributed by atoms with van der Waals surface area (Å²) in [4.78, 5) is 8.47. The molecular formula is C9H10ClN3S. The lowest BCUT2D eigenvalue weighted by molar-refractivity contribution is 0.685. The molecule has 0 aliphatic rings. The van der Waals surface area contributed by atoms with Crippen LogP contribution in [0.3, 0.4) is 0 Å². The van der Waals surface area contributed by atoms with Gasteiger partial charge in [0.1, 0.15) is 5.15 Å². The second kappa shape index (κ2) is 4.11. The van der Waals surface area contributed by atoms with E-state index in [-0.39, 0.29) is 0 Å². The molecule has 5 heteroatoms. The molecule has 0 saturated carbocycles. The third-order valence-corrected chi connectivity index (χ3v) is 3.01. The SMILES string of the molecule is CCCn1ccnc1-c1nc(Cl)cs1. The predicted molar refractivity (Wildman–Crippen MR) is 58.6 cm³/mol. The minimum atomic E-state index is 0.538. The van der Waals surface area contributed by atoms with Gasteiger partial charge in [-0.1, -0.05) is 18.5 Å². The third-order valence-electron chi connectivity index (χ3n) is 1.85. The Kier molecular flexibility index (Phi) is 2.84. The molecule has 0 unspecified atom stereocenters. The minimum absolute atomic E-state index is 0.538. The molecule has 74 valence electrons. The molecule has 0 aromatic carbocycles. The highest BCUT2D eigenvalue weighted by Crippen LogP contribution is 2.24. The highest BCUT2D eigenvalue weighted by Gasteiger charge is 2.08. The standard InChI is InChI=1S/C9H10ClN3S/c1-2-4-13-5-3-11-8(13)9-12-7(10)6-14-9/h3,5-6H,2,4H2,1H3. The molecule has 2 rings (SSSR count). The summed E-state index contributed by atoms with van der Waals surface area (Å²) >= 11 is 7.29. The van der Waals surface area contributed by atoms with Crippen LogP contribution in [0.25, 0.3) is 10.8 Å². The number of nitrogens with zero attached hydrogens (tertiary/aromatic N) is 3. The van der Waals surface area contributed by atoms with E-state index in [1.54, 1.807) is 6.20 Å². The Morgan fingerprint density at radius 1 is 1.57 bits per heavy atom. The zero-order valence-electron chi connectivity index (χ0n) is 7.77. The molecule has 0 fully saturated rings. The summed E-state index contributed by atoms with van der Waals surface area (Å²) in [7, 11) is 0. The minimum Gasteiger partial charge on any atom is -0.329 e. The highest BCUT2D eigenvalue weighted by molar-refractivity contribution is 7.13. The van der Waals surface area contributed by atoms with Crippen molar-refractivity contribution >= 4 is 22.9 Å². The first-order valence-corrected chi connectivity index (χ1v) is 5.69. The maximum absolute atomic E-state index is 5.77. The fourth-order valence-electron chi connectivity index (χ4n) is 1.29. The van der Waals surface area contributed by atoms with Gasteiger partial charge in [-0.05, 0) is 6.42 Å². The highest BCUT2D eigenvalue weighted by atomic mass is 35.5. The lowest BCUT2D eigenvalue weighted by Gasteiger charge is -2.02. The average Bonchev–Trinajstić information content (AvgIpc) is 2.74. The van der Waals surface area contributed by atoms with Crippen LogP contribution in [0.15, 0.2) is 17.8 Å². The van der Waals surface area contributed by atoms with E-state index < -0.39 is 0 Å². The Hall–Kier alpha value is -0.870. The van der Waals surface area contributed by atoms with Crippen LogP contribution in [-0.2, 0) is 6.54 Å². The summed E-state index contributed by atoms with van der Waals surface area (Å²) in [6, 6.07) is 0. The van der Waals surface area contributed by atoms with E-state index in [1.165, 1.54) is 11.3 Å². The Bertz CT molecular complexity index is 421. The van der Waals surface area contributed by atoms with Crippen LogP contribution in [0, 0.1) is 0 Å². The van der Waals surface area contributed by atoms with Gasteiger partial charge in [0.2, 0.25) is 0 Å². The van der Waals surface area contributed by atoms with Gasteiger partial charge in [-0.25, -0.2) is 9.97 Å². The van der Waals surface area contributed by atoms with E-state index in [1.807, 2.05) is 11.6 Å². The number of halogens is 1. The largest absolute Gasteiger partial charge is 0.329 e. The first-order chi connectivity index (χ1) is 6.81. The molecule has 0 N–H and O–H groups in total. The molecule has 0 radical (unpaired) electrons. The van der Waals surface area contributed by atoms with E-state index in [0.717, 1.165) is 23.8 Å². The molecule has 0 aliphatic carbocycles. The maximum Gasteiger partial charge on any atom is 0.169 e. The van der Waals surface area contributed by atoms with Gasteiger partial charge in [-0.3, -0.25) is 0 Å². The summed E-state index contributed by atoms with van der Waals surface area (Å²) in [6.45, 7) is 3.10. The van der Waals surface area contributed by atoms with Crippen molar-refractivity contribution in [3.8, 4) is 10.8 Å². The van der Waals surface area contributed by atoms with Crippen molar-refractivity contribution in [1.82, 2.24) is 14.5 Å². The van der Waals surface area contributed by atoms with Crippen molar-refractivity contribution in [3.63, 3.8) is 0 Å². The molecule has 14 heavy (non-hydrogen) atoms. The number of hydrogen-bond donors (Lipinski definition) is 0. The summed E-state index contributed by atoms with van der Waals surface area (Å²) < 4.78 is 2.09. The van der Waals surface area contributed by atoms with Crippen molar-refractivity contribution in [2.75, 3.05) is 0 Å². The number of imidazole rings is 1. The van der Waals surface area contributed by atoms with Crippen LogP contribution in [-0.4, -0.2) is 14.5 Å². The summed E-state index contributed by atoms with van der Waals surface area (Å²) in [5, 5.41) is 3.24. The molecule has 0 bridgehead atoms. The third kappa shape index (κ3) is 1.81. The van der Waals surface area contributed by atoms with Crippen LogP contribution in [0.5, 0.6) is 0 Å². The molecule has 0 saturated heterocycles. The topological polar surface area (TPSA) is 30.7 Å². The Labute approximate surface area is 91.4 Å². The normalized spacial score (nSPS) is 10.7. The lowest BCUT2D eigenvalue weighted by atomic mass is 10.4. The van der Waals surface area contributed by atoms with Crippen molar-refractivity contribution in [2.24, 2.45) is 0 Å². The van der Waals surface area contributed by atoms with Gasteiger partial charge >= 0.3 is 0 Å². The second-order valence-corrected chi connectivity index (χ2v) is 4.16. The Balaban J connectivity index is 2.36. The van der Waals surface area contributed by atoms with Gasteiger partial charge in [0, 0.05) is 24.3 Å². The molecule has 2 aromatic rings. The smallest absolute Gasteiger partial charge is 0.169 e. The first-order valence-electron chi connectivity index (χ1n) is 4.43. The van der Waals surface area contributed by atoms with Gasteiger partial charge in [0.25, 0.3) is 0 Å². The van der Waals surface area contributed by atoms with Gasteiger partial charge in [-0.15, -0.1) is 11.3 Å². The quantitative estimate of drug-likeness (QED) is 0.807. The van der Waals surface area contributed by atoms with Gasteiger partial charge in [-0.2, -0.15) is 0 Å². The van der Waals surface area contributed by atoms with Crippen molar-refractivity contribution in [3.05, 3.63) is 22.9 Å². The molecule has 0 amide bonds. The maximum atomic E-state index is 5.77. The van der Waals surface area contributed by atoms with E-state index in [0.29, 0.717) is 5.15 Å². The molecule has 2 aromatic heterocycles. The van der Waals surface area contributed by atoms with Gasteiger partial charge in [0.15, 0.2) is 10.8 Å². The number of hydrogen-bond acceptors (Lipinski definition) is 3. The number of rotatable bonds is 3. The van der Waals surface area contributed by atoms with Crippen LogP contribution >= 0.6 is 22.9 Å². The van der Waals surface area contributed by atoms with Gasteiger partial charge in [0.05, 0.1) is 0 Å². The van der Waals surface area contributed by atoms with Crippen molar-refractivity contribution < 1.29 is 0 Å². The van der Waals surface area contributed by atoms with Crippen LogP contribution in [0.2, 0.25) is 5.15 Å². The van der Waals surface area contributed by atoms with Crippen molar-refractivity contribution in [2.45, 2.75) is 19.9 Å². The number of thiazole rings is 1. The molecule has 2 heterocycles. The molecular weight excluding hydrogens is 218 g/mol. The van der Waals surface area contributed by atoms with E-state index in [2.05, 4.69) is 21.5 Å². The first kappa shape index (κ1) is 9.68. The predicted octanol–water partition coefficient (Wildman–Crippen LogP) is 3.07. The molecule has 0 atom stereocenters. The van der Waals surface area contributed by atoms with Crippen LogP contribution < -0.4 is 0 Å². The molecule has 3 nitrogen and oxygen atoms in total. The Morgan fingerprint density at radius 2 is 2.43 bits per heavy atom. The van der Waals surface area contributed by atoms with E-state index >= 15 is 0 Å². The van der Waals surface area contributed by atoms with E-state index in [4.69, 9.17) is 11.6 Å². The van der Waals surface area contributed by atoms with E-state index in [9.17, 15) is 0 Å². The fourth-order valence-corrected chi connectivity index (χ4v) is 2.24. The monoisotopic (exact) mass is 227 g/mol. The summed E-state index contributed by atoms with van der Waals surface area (Å²) in [5.74, 6) is 0.906. The zero-order valence-corrected chi connectivity index (χ0v) is 9.35. The number of aromatic nitrogens is 3. The lowest BCUT2D eigenvalue weighted by Crippen LogP contribution is -1.97. The Morgan fingerprint density at radius 3 is 3.07 bits per heavy atom. The van der Waals surface area contributed by atoms with Crippen LogP contribution in [0.4, 0.5) is 0 Å². The average molecular weight is 228 g/mol. The van der Waals surface area contributed by atoms with Crippen LogP contribution in [0.1, 0.15) is 13.3 Å².